The van der Waals surface area contributed by atoms with Gasteiger partial charge in [0.25, 0.3) is 0 Å². The van der Waals surface area contributed by atoms with Gasteiger partial charge in [0.15, 0.2) is 0 Å². The summed E-state index contributed by atoms with van der Waals surface area (Å²) in [6.45, 7) is 4.09. The largest absolute Gasteiger partial charge is 0.344 e. The Hall–Kier alpha value is -0.990. The van der Waals surface area contributed by atoms with Gasteiger partial charge in [-0.05, 0) is 39.2 Å². The molecule has 0 aliphatic carbocycles. The van der Waals surface area contributed by atoms with E-state index in [4.69, 9.17) is 11.6 Å². The number of halogens is 1. The highest BCUT2D eigenvalue weighted by Gasteiger charge is 2.09. The van der Waals surface area contributed by atoms with Crippen LogP contribution in [0.5, 0.6) is 0 Å². The Morgan fingerprint density at radius 2 is 2.06 bits per heavy atom. The summed E-state index contributed by atoms with van der Waals surface area (Å²) in [7, 11) is 4.17. The van der Waals surface area contributed by atoms with Gasteiger partial charge < -0.3 is 9.47 Å². The minimum Gasteiger partial charge on any atom is -0.344 e. The number of hydrogen-bond donors (Lipinski definition) is 0. The SMILES string of the molecule is CCn1c(CN(C)C)cc2c(Cl)cccc21. The maximum Gasteiger partial charge on any atom is 0.0499 e. The summed E-state index contributed by atoms with van der Waals surface area (Å²) in [4.78, 5) is 2.17. The van der Waals surface area contributed by atoms with Gasteiger partial charge in [-0.3, -0.25) is 0 Å². The van der Waals surface area contributed by atoms with Gasteiger partial charge in [-0.1, -0.05) is 17.7 Å². The van der Waals surface area contributed by atoms with Gasteiger partial charge in [-0.15, -0.1) is 0 Å². The summed E-state index contributed by atoms with van der Waals surface area (Å²) < 4.78 is 2.32. The molecule has 0 radical (unpaired) electrons. The summed E-state index contributed by atoms with van der Waals surface area (Å²) in [5.74, 6) is 0. The second kappa shape index (κ2) is 4.48. The second-order valence-electron chi connectivity index (χ2n) is 4.29. The molecule has 2 nitrogen and oxygen atoms in total. The van der Waals surface area contributed by atoms with Crippen LogP contribution in [0.25, 0.3) is 10.9 Å². The average molecular weight is 237 g/mol. The van der Waals surface area contributed by atoms with Crippen LogP contribution in [0.1, 0.15) is 12.6 Å². The Morgan fingerprint density at radius 1 is 1.31 bits per heavy atom. The lowest BCUT2D eigenvalue weighted by molar-refractivity contribution is 0.389. The van der Waals surface area contributed by atoms with Crippen molar-refractivity contribution < 1.29 is 0 Å². The molecule has 0 fully saturated rings. The summed E-state index contributed by atoms with van der Waals surface area (Å²) in [5.41, 5.74) is 2.54. The second-order valence-corrected chi connectivity index (χ2v) is 4.70. The monoisotopic (exact) mass is 236 g/mol. The van der Waals surface area contributed by atoms with Gasteiger partial charge in [0.2, 0.25) is 0 Å². The Labute approximate surface area is 101 Å². The van der Waals surface area contributed by atoms with Gasteiger partial charge >= 0.3 is 0 Å². The minimum atomic E-state index is 0.838. The van der Waals surface area contributed by atoms with E-state index in [2.05, 4.69) is 42.6 Å². The fourth-order valence-corrected chi connectivity index (χ4v) is 2.36. The summed E-state index contributed by atoms with van der Waals surface area (Å²) >= 11 is 6.21. The van der Waals surface area contributed by atoms with Gasteiger partial charge in [0, 0.05) is 34.7 Å². The third kappa shape index (κ3) is 1.95. The molecular weight excluding hydrogens is 220 g/mol. The zero-order chi connectivity index (χ0) is 11.7. The van der Waals surface area contributed by atoms with Crippen molar-refractivity contribution >= 4 is 22.5 Å². The molecule has 16 heavy (non-hydrogen) atoms. The summed E-state index contributed by atoms with van der Waals surface area (Å²) in [6, 6.07) is 8.28. The van der Waals surface area contributed by atoms with Crippen LogP contribution in [0.4, 0.5) is 0 Å². The average Bonchev–Trinajstić information content (AvgIpc) is 2.56. The molecular formula is C13H17ClN2. The van der Waals surface area contributed by atoms with E-state index < -0.39 is 0 Å². The molecule has 0 aliphatic rings. The molecule has 0 saturated carbocycles. The predicted octanol–water partition coefficient (Wildman–Crippen LogP) is 3.38. The molecule has 0 spiro atoms. The van der Waals surface area contributed by atoms with Crippen LogP contribution in [-0.2, 0) is 13.1 Å². The summed E-state index contributed by atoms with van der Waals surface area (Å²) in [6.07, 6.45) is 0. The smallest absolute Gasteiger partial charge is 0.0499 e. The molecule has 3 heteroatoms. The lowest BCUT2D eigenvalue weighted by Gasteiger charge is -2.12. The zero-order valence-corrected chi connectivity index (χ0v) is 10.8. The van der Waals surface area contributed by atoms with E-state index in [0.29, 0.717) is 0 Å². The molecule has 1 aromatic heterocycles. The minimum absolute atomic E-state index is 0.838. The fraction of sp³-hybridized carbons (Fsp3) is 0.385. The van der Waals surface area contributed by atoms with Crippen LogP contribution >= 0.6 is 11.6 Å². The van der Waals surface area contributed by atoms with E-state index in [0.717, 1.165) is 23.5 Å². The first kappa shape index (κ1) is 11.5. The molecule has 86 valence electrons. The number of aryl methyl sites for hydroxylation is 1. The quantitative estimate of drug-likeness (QED) is 0.793. The Bertz CT molecular complexity index is 500. The Balaban J connectivity index is 2.61. The number of rotatable bonds is 3. The van der Waals surface area contributed by atoms with Crippen LogP contribution in [-0.4, -0.2) is 23.6 Å². The Kier molecular flexibility index (Phi) is 3.22. The van der Waals surface area contributed by atoms with E-state index in [9.17, 15) is 0 Å². The van der Waals surface area contributed by atoms with E-state index in [1.165, 1.54) is 11.2 Å². The van der Waals surface area contributed by atoms with Crippen LogP contribution in [0.3, 0.4) is 0 Å². The zero-order valence-electron chi connectivity index (χ0n) is 10.00. The van der Waals surface area contributed by atoms with Crippen molar-refractivity contribution in [2.75, 3.05) is 14.1 Å². The molecule has 2 rings (SSSR count). The van der Waals surface area contributed by atoms with E-state index in [1.54, 1.807) is 0 Å². The van der Waals surface area contributed by atoms with Crippen molar-refractivity contribution in [1.82, 2.24) is 9.47 Å². The van der Waals surface area contributed by atoms with Crippen molar-refractivity contribution in [2.24, 2.45) is 0 Å². The van der Waals surface area contributed by atoms with E-state index in [1.807, 2.05) is 12.1 Å². The van der Waals surface area contributed by atoms with Crippen molar-refractivity contribution in [2.45, 2.75) is 20.0 Å². The summed E-state index contributed by atoms with van der Waals surface area (Å²) in [5, 5.41) is 1.99. The number of aromatic nitrogens is 1. The lowest BCUT2D eigenvalue weighted by atomic mass is 10.2. The molecule has 0 aliphatic heterocycles. The first-order valence-electron chi connectivity index (χ1n) is 5.55. The predicted molar refractivity (Wildman–Crippen MR) is 70.0 cm³/mol. The van der Waals surface area contributed by atoms with E-state index in [-0.39, 0.29) is 0 Å². The van der Waals surface area contributed by atoms with Gasteiger partial charge in [-0.25, -0.2) is 0 Å². The molecule has 0 N–H and O–H groups in total. The molecule has 0 bridgehead atoms. The van der Waals surface area contributed by atoms with Crippen LogP contribution in [0.2, 0.25) is 5.02 Å². The first-order valence-corrected chi connectivity index (χ1v) is 5.92. The number of fused-ring (bicyclic) bond motifs is 1. The number of hydrogen-bond acceptors (Lipinski definition) is 1. The van der Waals surface area contributed by atoms with Crippen LogP contribution in [0.15, 0.2) is 24.3 Å². The molecule has 0 unspecified atom stereocenters. The highest BCUT2D eigenvalue weighted by atomic mass is 35.5. The van der Waals surface area contributed by atoms with E-state index >= 15 is 0 Å². The van der Waals surface area contributed by atoms with Crippen LogP contribution < -0.4 is 0 Å². The van der Waals surface area contributed by atoms with Crippen molar-refractivity contribution in [3.05, 3.63) is 35.0 Å². The van der Waals surface area contributed by atoms with Crippen molar-refractivity contribution in [3.8, 4) is 0 Å². The maximum atomic E-state index is 6.21. The number of benzene rings is 1. The molecule has 0 atom stereocenters. The fourth-order valence-electron chi connectivity index (χ4n) is 2.13. The topological polar surface area (TPSA) is 8.17 Å². The third-order valence-electron chi connectivity index (χ3n) is 2.77. The van der Waals surface area contributed by atoms with Crippen LogP contribution in [0, 0.1) is 0 Å². The standard InChI is InChI=1S/C13H17ClN2/c1-4-16-10(9-15(2)3)8-11-12(14)6-5-7-13(11)16/h5-8H,4,9H2,1-3H3. The molecule has 0 amide bonds. The normalized spacial score (nSPS) is 11.6. The van der Waals surface area contributed by atoms with Gasteiger partial charge in [0.1, 0.15) is 0 Å². The molecule has 1 heterocycles. The lowest BCUT2D eigenvalue weighted by Crippen LogP contribution is -2.14. The number of nitrogens with zero attached hydrogens (tertiary/aromatic N) is 2. The Morgan fingerprint density at radius 3 is 2.69 bits per heavy atom. The maximum absolute atomic E-state index is 6.21. The van der Waals surface area contributed by atoms with Gasteiger partial charge in [-0.2, -0.15) is 0 Å². The van der Waals surface area contributed by atoms with Crippen molar-refractivity contribution in [3.63, 3.8) is 0 Å². The molecule has 1 aromatic carbocycles. The highest BCUT2D eigenvalue weighted by molar-refractivity contribution is 6.35. The molecule has 0 saturated heterocycles. The highest BCUT2D eigenvalue weighted by Crippen LogP contribution is 2.27. The third-order valence-corrected chi connectivity index (χ3v) is 3.10. The first-order chi connectivity index (χ1) is 7.63. The van der Waals surface area contributed by atoms with Crippen molar-refractivity contribution in [1.29, 1.82) is 0 Å². The molecule has 2 aromatic rings. The van der Waals surface area contributed by atoms with Gasteiger partial charge in [0.05, 0.1) is 0 Å².